The molecule has 9 heteroatoms. The van der Waals surface area contributed by atoms with Crippen molar-refractivity contribution >= 4 is 11.9 Å². The van der Waals surface area contributed by atoms with Crippen molar-refractivity contribution in [1.82, 2.24) is 4.90 Å². The van der Waals surface area contributed by atoms with E-state index in [-0.39, 0.29) is 18.3 Å². The number of rotatable bonds is 1. The Morgan fingerprint density at radius 3 is 2.59 bits per heavy atom. The highest BCUT2D eigenvalue weighted by Gasteiger charge is 2.58. The second-order valence-electron chi connectivity index (χ2n) is 8.60. The van der Waals surface area contributed by atoms with Crippen LogP contribution in [0.25, 0.3) is 11.1 Å². The van der Waals surface area contributed by atoms with Crippen LogP contribution in [0.1, 0.15) is 30.4 Å². The van der Waals surface area contributed by atoms with E-state index in [0.29, 0.717) is 42.1 Å². The van der Waals surface area contributed by atoms with Gasteiger partial charge in [0.1, 0.15) is 11.4 Å². The Balaban J connectivity index is 1.66. The van der Waals surface area contributed by atoms with Crippen LogP contribution in [0.5, 0.6) is 5.75 Å². The van der Waals surface area contributed by atoms with E-state index in [2.05, 4.69) is 4.99 Å². The summed E-state index contributed by atoms with van der Waals surface area (Å²) in [7, 11) is 1.56. The van der Waals surface area contributed by atoms with Crippen LogP contribution in [-0.4, -0.2) is 42.6 Å². The molecule has 2 aromatic rings. The summed E-state index contributed by atoms with van der Waals surface area (Å²) in [6, 6.07) is 10.2. The molecule has 0 aromatic heterocycles. The van der Waals surface area contributed by atoms with Crippen LogP contribution in [0.4, 0.5) is 13.2 Å². The van der Waals surface area contributed by atoms with Crippen molar-refractivity contribution in [2.24, 2.45) is 10.7 Å². The Kier molecular flexibility index (Phi) is 4.53. The number of guanidine groups is 1. The van der Waals surface area contributed by atoms with E-state index in [4.69, 9.17) is 15.2 Å². The molecule has 5 rings (SSSR count). The Labute approximate surface area is 182 Å². The lowest BCUT2D eigenvalue weighted by Crippen LogP contribution is -2.55. The van der Waals surface area contributed by atoms with Gasteiger partial charge in [-0.1, -0.05) is 18.2 Å². The molecule has 0 bridgehead atoms. The van der Waals surface area contributed by atoms with Crippen LogP contribution < -0.4 is 10.5 Å². The predicted octanol–water partition coefficient (Wildman–Crippen LogP) is 3.69. The molecule has 3 aliphatic rings. The van der Waals surface area contributed by atoms with Crippen LogP contribution in [-0.2, 0) is 21.2 Å². The lowest BCUT2D eigenvalue weighted by molar-refractivity contribution is -0.139. The first-order valence-corrected chi connectivity index (χ1v) is 10.4. The molecule has 0 aliphatic carbocycles. The minimum Gasteiger partial charge on any atom is -0.484 e. The van der Waals surface area contributed by atoms with Gasteiger partial charge in [0, 0.05) is 25.6 Å². The fraction of sp³-hybridized carbons (Fsp3) is 0.391. The van der Waals surface area contributed by atoms with E-state index in [0.717, 1.165) is 18.6 Å². The molecule has 1 amide bonds. The zero-order valence-electron chi connectivity index (χ0n) is 17.4. The number of alkyl halides is 3. The maximum atomic E-state index is 13.4. The maximum absolute atomic E-state index is 13.4. The van der Waals surface area contributed by atoms with Crippen LogP contribution in [0.3, 0.4) is 0 Å². The molecular formula is C23H22F3N3O3. The van der Waals surface area contributed by atoms with Crippen LogP contribution in [0.2, 0.25) is 0 Å². The molecule has 32 heavy (non-hydrogen) atoms. The number of likely N-dealkylation sites (N-methyl/N-ethyl adjacent to an activating group) is 1. The zero-order chi connectivity index (χ0) is 22.7. The summed E-state index contributed by atoms with van der Waals surface area (Å²) in [6.07, 6.45) is -2.71. The summed E-state index contributed by atoms with van der Waals surface area (Å²) in [4.78, 5) is 19.3. The second-order valence-corrected chi connectivity index (χ2v) is 8.60. The Morgan fingerprint density at radius 2 is 1.94 bits per heavy atom. The minimum absolute atomic E-state index is 0.0965. The molecule has 168 valence electrons. The smallest absolute Gasteiger partial charge is 0.416 e. The molecule has 1 saturated heterocycles. The van der Waals surface area contributed by atoms with Crippen molar-refractivity contribution in [3.63, 3.8) is 0 Å². The summed E-state index contributed by atoms with van der Waals surface area (Å²) < 4.78 is 51.7. The lowest BCUT2D eigenvalue weighted by atomic mass is 9.74. The van der Waals surface area contributed by atoms with E-state index in [1.54, 1.807) is 31.3 Å². The zero-order valence-corrected chi connectivity index (χ0v) is 17.4. The normalized spacial score (nSPS) is 27.4. The van der Waals surface area contributed by atoms with Crippen LogP contribution >= 0.6 is 0 Å². The highest BCUT2D eigenvalue weighted by molar-refractivity contribution is 6.07. The van der Waals surface area contributed by atoms with E-state index in [1.165, 1.54) is 11.0 Å². The number of ether oxygens (including phenoxy) is 2. The third-order valence-electron chi connectivity index (χ3n) is 6.45. The molecule has 0 saturated carbocycles. The van der Waals surface area contributed by atoms with Gasteiger partial charge in [0.25, 0.3) is 5.91 Å². The van der Waals surface area contributed by atoms with E-state index < -0.39 is 22.9 Å². The first-order chi connectivity index (χ1) is 15.1. The fourth-order valence-electron chi connectivity index (χ4n) is 4.86. The first kappa shape index (κ1) is 20.8. The summed E-state index contributed by atoms with van der Waals surface area (Å²) >= 11 is 0. The van der Waals surface area contributed by atoms with Crippen LogP contribution in [0, 0.1) is 0 Å². The third-order valence-corrected chi connectivity index (χ3v) is 6.45. The van der Waals surface area contributed by atoms with Crippen molar-refractivity contribution in [2.75, 3.05) is 20.3 Å². The quantitative estimate of drug-likeness (QED) is 0.727. The molecule has 2 N–H and O–H groups in total. The minimum atomic E-state index is -4.45. The third kappa shape index (κ3) is 3.14. The second kappa shape index (κ2) is 6.96. The molecule has 2 spiro atoms. The fourth-order valence-corrected chi connectivity index (χ4v) is 4.86. The number of hydrogen-bond acceptors (Lipinski definition) is 5. The number of nitrogens with zero attached hydrogens (tertiary/aromatic N) is 2. The van der Waals surface area contributed by atoms with E-state index in [9.17, 15) is 18.0 Å². The molecule has 2 atom stereocenters. The summed E-state index contributed by atoms with van der Waals surface area (Å²) in [5.41, 5.74) is 4.69. The van der Waals surface area contributed by atoms with Gasteiger partial charge in [0.05, 0.1) is 12.2 Å². The Hall–Kier alpha value is -3.07. The number of amides is 1. The van der Waals surface area contributed by atoms with E-state index >= 15 is 0 Å². The van der Waals surface area contributed by atoms with Gasteiger partial charge >= 0.3 is 6.18 Å². The maximum Gasteiger partial charge on any atom is 0.416 e. The van der Waals surface area contributed by atoms with Crippen molar-refractivity contribution in [2.45, 2.75) is 36.6 Å². The number of carbonyl (C=O) groups is 1. The number of carbonyl (C=O) groups excluding carboxylic acids is 1. The SMILES string of the molecule is CN1C(=O)[C@@]2(C[C@]3(CCCOC3)Oc3ccc(-c4cccc(C(F)(F)F)c4)cc32)N=C1N. The Morgan fingerprint density at radius 1 is 1.16 bits per heavy atom. The molecule has 1 fully saturated rings. The van der Waals surface area contributed by atoms with Gasteiger partial charge < -0.3 is 15.2 Å². The van der Waals surface area contributed by atoms with Crippen molar-refractivity contribution < 1.29 is 27.4 Å². The molecule has 6 nitrogen and oxygen atoms in total. The molecule has 3 heterocycles. The standard InChI is InChI=1S/C23H22F3N3O3/c1-29-19(30)22(28-20(29)27)12-21(8-3-9-31-13-21)32-18-7-6-15(11-17(18)22)14-4-2-5-16(10-14)23(24,25)26/h2,4-7,10-11H,3,8-9,12-13H2,1H3,(H2,27,28)/t21-,22-/m0/s1. The van der Waals surface area contributed by atoms with Gasteiger partial charge in [0.2, 0.25) is 0 Å². The van der Waals surface area contributed by atoms with Gasteiger partial charge in [0.15, 0.2) is 11.5 Å². The summed E-state index contributed by atoms with van der Waals surface area (Å²) in [5, 5.41) is 0. The van der Waals surface area contributed by atoms with E-state index in [1.807, 2.05) is 0 Å². The average molecular weight is 445 g/mol. The number of halogens is 3. The van der Waals surface area contributed by atoms with Gasteiger partial charge in [-0.15, -0.1) is 0 Å². The average Bonchev–Trinajstić information content (AvgIpc) is 2.97. The monoisotopic (exact) mass is 445 g/mol. The van der Waals surface area contributed by atoms with Crippen molar-refractivity contribution in [3.8, 4) is 16.9 Å². The molecule has 3 aliphatic heterocycles. The summed E-state index contributed by atoms with van der Waals surface area (Å²) in [5.74, 6) is 0.280. The van der Waals surface area contributed by atoms with Gasteiger partial charge in [-0.05, 0) is 48.2 Å². The van der Waals surface area contributed by atoms with Crippen molar-refractivity contribution in [3.05, 3.63) is 53.6 Å². The van der Waals surface area contributed by atoms with Crippen LogP contribution in [0.15, 0.2) is 47.5 Å². The molecule has 0 unspecified atom stereocenters. The molecule has 2 aromatic carbocycles. The van der Waals surface area contributed by atoms with Gasteiger partial charge in [-0.25, -0.2) is 4.99 Å². The van der Waals surface area contributed by atoms with Gasteiger partial charge in [-0.3, -0.25) is 9.69 Å². The highest BCUT2D eigenvalue weighted by Crippen LogP contribution is 2.52. The highest BCUT2D eigenvalue weighted by atomic mass is 19.4. The van der Waals surface area contributed by atoms with Gasteiger partial charge in [-0.2, -0.15) is 13.2 Å². The number of hydrogen-bond donors (Lipinski definition) is 1. The number of fused-ring (bicyclic) bond motifs is 2. The van der Waals surface area contributed by atoms with Crippen molar-refractivity contribution in [1.29, 1.82) is 0 Å². The summed E-state index contributed by atoms with van der Waals surface area (Å²) in [6.45, 7) is 0.953. The Bertz CT molecular complexity index is 1120. The molecule has 0 radical (unpaired) electrons. The predicted molar refractivity (Wildman–Crippen MR) is 111 cm³/mol. The topological polar surface area (TPSA) is 77.2 Å². The first-order valence-electron chi connectivity index (χ1n) is 10.4. The largest absolute Gasteiger partial charge is 0.484 e. The lowest BCUT2D eigenvalue weighted by Gasteiger charge is -2.46. The number of benzene rings is 2. The molecular weight excluding hydrogens is 423 g/mol. The number of nitrogens with two attached hydrogens (primary N) is 1. The number of aliphatic imine (C=N–C) groups is 1.